The quantitative estimate of drug-likeness (QED) is 0.431. The van der Waals surface area contributed by atoms with E-state index in [-0.39, 0.29) is 11.0 Å². The zero-order chi connectivity index (χ0) is 16.5. The SMILES string of the molecule is COP(Cl)OCCCNC(=O)c1cc(C)cc(SC(C)=O)c1. The van der Waals surface area contributed by atoms with E-state index in [9.17, 15) is 9.59 Å². The van der Waals surface area contributed by atoms with Crippen LogP contribution < -0.4 is 5.32 Å². The summed E-state index contributed by atoms with van der Waals surface area (Å²) in [6.45, 7) is 4.29. The molecule has 1 unspecified atom stereocenters. The first kappa shape index (κ1) is 19.4. The number of halogens is 1. The van der Waals surface area contributed by atoms with E-state index >= 15 is 0 Å². The number of hydrogen-bond acceptors (Lipinski definition) is 5. The lowest BCUT2D eigenvalue weighted by atomic mass is 10.1. The predicted molar refractivity (Wildman–Crippen MR) is 90.4 cm³/mol. The van der Waals surface area contributed by atoms with Crippen LogP contribution in [0.25, 0.3) is 0 Å². The zero-order valence-corrected chi connectivity index (χ0v) is 15.2. The summed E-state index contributed by atoms with van der Waals surface area (Å²) in [6, 6.07) is 5.39. The Hall–Kier alpha value is -0.650. The van der Waals surface area contributed by atoms with Crippen LogP contribution in [-0.4, -0.2) is 31.3 Å². The van der Waals surface area contributed by atoms with Crippen LogP contribution in [0.1, 0.15) is 29.3 Å². The predicted octanol–water partition coefficient (Wildman–Crippen LogP) is 3.88. The molecule has 1 rings (SSSR count). The second-order valence-corrected chi connectivity index (χ2v) is 7.59. The Morgan fingerprint density at radius 1 is 1.36 bits per heavy atom. The summed E-state index contributed by atoms with van der Waals surface area (Å²) in [7, 11) is 0.134. The van der Waals surface area contributed by atoms with Gasteiger partial charge in [-0.2, -0.15) is 0 Å². The maximum atomic E-state index is 12.1. The largest absolute Gasteiger partial charge is 0.352 e. The summed E-state index contributed by atoms with van der Waals surface area (Å²) < 4.78 is 9.97. The highest BCUT2D eigenvalue weighted by molar-refractivity contribution is 8.13. The molecular weight excluding hydrogens is 345 g/mol. The molecule has 0 bridgehead atoms. The van der Waals surface area contributed by atoms with Crippen molar-refractivity contribution in [1.82, 2.24) is 5.32 Å². The monoisotopic (exact) mass is 363 g/mol. The van der Waals surface area contributed by atoms with Gasteiger partial charge in [0.05, 0.1) is 6.61 Å². The fourth-order valence-electron chi connectivity index (χ4n) is 1.67. The summed E-state index contributed by atoms with van der Waals surface area (Å²) in [6.07, 6.45) is 0.640. The number of hydrogen-bond donors (Lipinski definition) is 1. The van der Waals surface area contributed by atoms with E-state index < -0.39 is 7.73 Å². The van der Waals surface area contributed by atoms with Crippen molar-refractivity contribution < 1.29 is 18.6 Å². The Bertz CT molecular complexity index is 530. The molecule has 0 saturated heterocycles. The van der Waals surface area contributed by atoms with E-state index in [0.717, 1.165) is 22.2 Å². The van der Waals surface area contributed by atoms with Gasteiger partial charge in [0, 0.05) is 31.0 Å². The Balaban J connectivity index is 2.48. The van der Waals surface area contributed by atoms with Crippen LogP contribution in [-0.2, 0) is 13.8 Å². The van der Waals surface area contributed by atoms with Crippen LogP contribution in [0, 0.1) is 6.92 Å². The summed E-state index contributed by atoms with van der Waals surface area (Å²) in [4.78, 5) is 24.0. The fraction of sp³-hybridized carbons (Fsp3) is 0.429. The molecule has 0 aliphatic carbocycles. The van der Waals surface area contributed by atoms with Gasteiger partial charge in [0.15, 0.2) is 5.12 Å². The number of nitrogens with one attached hydrogen (secondary N) is 1. The first-order valence-corrected chi connectivity index (χ1v) is 9.53. The molecule has 5 nitrogen and oxygen atoms in total. The highest BCUT2D eigenvalue weighted by Gasteiger charge is 2.09. The normalized spacial score (nSPS) is 12.0. The summed E-state index contributed by atoms with van der Waals surface area (Å²) in [5, 5.41) is 2.80. The molecule has 1 amide bonds. The van der Waals surface area contributed by atoms with Gasteiger partial charge in [-0.25, -0.2) is 0 Å². The second-order valence-electron chi connectivity index (χ2n) is 4.47. The Kier molecular flexibility index (Phi) is 8.98. The Morgan fingerprint density at radius 2 is 2.09 bits per heavy atom. The molecule has 22 heavy (non-hydrogen) atoms. The first-order chi connectivity index (χ1) is 10.4. The molecule has 1 atom stereocenters. The minimum atomic E-state index is -1.35. The Labute approximate surface area is 140 Å². The number of aryl methyl sites for hydroxylation is 1. The first-order valence-electron chi connectivity index (χ1n) is 6.63. The lowest BCUT2D eigenvalue weighted by molar-refractivity contribution is -0.109. The van der Waals surface area contributed by atoms with Crippen molar-refractivity contribution in [1.29, 1.82) is 0 Å². The molecule has 1 aromatic carbocycles. The van der Waals surface area contributed by atoms with E-state index in [1.807, 2.05) is 13.0 Å². The van der Waals surface area contributed by atoms with Gasteiger partial charge >= 0.3 is 0 Å². The zero-order valence-electron chi connectivity index (χ0n) is 12.7. The molecule has 0 aromatic heterocycles. The molecule has 0 radical (unpaired) electrons. The van der Waals surface area contributed by atoms with Crippen molar-refractivity contribution in [3.05, 3.63) is 29.3 Å². The molecule has 0 heterocycles. The van der Waals surface area contributed by atoms with Crippen LogP contribution in [0.2, 0.25) is 0 Å². The maximum Gasteiger partial charge on any atom is 0.276 e. The van der Waals surface area contributed by atoms with Crippen LogP contribution in [0.4, 0.5) is 0 Å². The van der Waals surface area contributed by atoms with E-state index in [1.165, 1.54) is 14.0 Å². The topological polar surface area (TPSA) is 64.6 Å². The molecular formula is C14H19ClNO4PS. The number of carbonyl (C=O) groups excluding carboxylic acids is 2. The van der Waals surface area contributed by atoms with Crippen molar-refractivity contribution in [3.63, 3.8) is 0 Å². The molecule has 1 N–H and O–H groups in total. The average Bonchev–Trinajstić information content (AvgIpc) is 2.44. The third kappa shape index (κ3) is 7.56. The molecule has 0 aliphatic rings. The summed E-state index contributed by atoms with van der Waals surface area (Å²) >= 11 is 6.80. The lowest BCUT2D eigenvalue weighted by Gasteiger charge is -2.09. The second kappa shape index (κ2) is 10.2. The molecule has 0 saturated carbocycles. The minimum absolute atomic E-state index is 0.00942. The lowest BCUT2D eigenvalue weighted by Crippen LogP contribution is -2.25. The van der Waals surface area contributed by atoms with Crippen molar-refractivity contribution in [2.75, 3.05) is 20.3 Å². The number of rotatable bonds is 8. The molecule has 0 aliphatic heterocycles. The van der Waals surface area contributed by atoms with E-state index in [2.05, 4.69) is 5.32 Å². The van der Waals surface area contributed by atoms with E-state index in [0.29, 0.717) is 25.1 Å². The van der Waals surface area contributed by atoms with Crippen LogP contribution in [0.3, 0.4) is 0 Å². The standard InChI is InChI=1S/C14H19ClNO4PS/c1-10-7-12(9-13(8-10)22-11(2)17)14(18)16-5-4-6-20-21(15)19-3/h7-9H,4-6H2,1-3H3,(H,16,18). The number of amides is 1. The fourth-order valence-corrected chi connectivity index (χ4v) is 3.02. The average molecular weight is 364 g/mol. The van der Waals surface area contributed by atoms with Gasteiger partial charge < -0.3 is 14.4 Å². The van der Waals surface area contributed by atoms with Crippen LogP contribution in [0.15, 0.2) is 23.1 Å². The highest BCUT2D eigenvalue weighted by atomic mass is 35.7. The summed E-state index contributed by atoms with van der Waals surface area (Å²) in [5.74, 6) is -0.172. The molecule has 122 valence electrons. The molecule has 0 fully saturated rings. The van der Waals surface area contributed by atoms with Gasteiger partial charge in [0.2, 0.25) is 0 Å². The summed E-state index contributed by atoms with van der Waals surface area (Å²) in [5.41, 5.74) is 1.48. The van der Waals surface area contributed by atoms with Crippen molar-refractivity contribution in [3.8, 4) is 0 Å². The van der Waals surface area contributed by atoms with E-state index in [1.54, 1.807) is 12.1 Å². The third-order valence-corrected chi connectivity index (χ3v) is 4.66. The minimum Gasteiger partial charge on any atom is -0.352 e. The molecule has 1 aromatic rings. The third-order valence-electron chi connectivity index (χ3n) is 2.52. The molecule has 0 spiro atoms. The smallest absolute Gasteiger partial charge is 0.276 e. The van der Waals surface area contributed by atoms with Crippen LogP contribution >= 0.6 is 30.7 Å². The Morgan fingerprint density at radius 3 is 2.73 bits per heavy atom. The number of carbonyl (C=O) groups is 2. The maximum absolute atomic E-state index is 12.1. The van der Waals surface area contributed by atoms with Gasteiger partial charge in [-0.1, -0.05) is 11.8 Å². The number of benzene rings is 1. The number of thioether (sulfide) groups is 1. The van der Waals surface area contributed by atoms with Crippen LogP contribution in [0.5, 0.6) is 0 Å². The molecule has 8 heteroatoms. The van der Waals surface area contributed by atoms with Gasteiger partial charge in [-0.15, -0.1) is 0 Å². The van der Waals surface area contributed by atoms with E-state index in [4.69, 9.17) is 20.3 Å². The van der Waals surface area contributed by atoms with Crippen molar-refractivity contribution >= 4 is 41.8 Å². The van der Waals surface area contributed by atoms with Gasteiger partial charge in [0.25, 0.3) is 13.6 Å². The van der Waals surface area contributed by atoms with Crippen molar-refractivity contribution in [2.24, 2.45) is 0 Å². The van der Waals surface area contributed by atoms with Gasteiger partial charge in [-0.05, 0) is 48.3 Å². The van der Waals surface area contributed by atoms with Gasteiger partial charge in [-0.3, -0.25) is 9.59 Å². The van der Waals surface area contributed by atoms with Crippen molar-refractivity contribution in [2.45, 2.75) is 25.2 Å². The van der Waals surface area contributed by atoms with Gasteiger partial charge in [0.1, 0.15) is 0 Å². The highest BCUT2D eigenvalue weighted by Crippen LogP contribution is 2.42.